The first-order valence-electron chi connectivity index (χ1n) is 9.15. The van der Waals surface area contributed by atoms with Gasteiger partial charge in [0.2, 0.25) is 0 Å². The second kappa shape index (κ2) is 11.2. The summed E-state index contributed by atoms with van der Waals surface area (Å²) >= 11 is 0. The molecule has 0 aliphatic rings. The number of carbonyl (C=O) groups is 4. The molecule has 2 aromatic carbocycles. The molecule has 0 heterocycles. The fourth-order valence-electron chi connectivity index (χ4n) is 2.35. The molecule has 0 aliphatic heterocycles. The molecule has 9 nitrogen and oxygen atoms in total. The zero-order chi connectivity index (χ0) is 21.9. The third-order valence-corrected chi connectivity index (χ3v) is 3.83. The lowest BCUT2D eigenvalue weighted by molar-refractivity contribution is -0.150. The topological polar surface area (TPSA) is 123 Å². The predicted octanol–water partition coefficient (Wildman–Crippen LogP) is 1.11. The minimum Gasteiger partial charge on any atom is -0.484 e. The molecule has 0 aromatic heterocycles. The molecule has 30 heavy (non-hydrogen) atoms. The molecule has 9 heteroatoms. The third kappa shape index (κ3) is 7.27. The summed E-state index contributed by atoms with van der Waals surface area (Å²) in [4.78, 5) is 47.4. The van der Waals surface area contributed by atoms with E-state index in [2.05, 4.69) is 16.0 Å². The Kier molecular flexibility index (Phi) is 8.37. The summed E-state index contributed by atoms with van der Waals surface area (Å²) in [5.74, 6) is -1.61. The highest BCUT2D eigenvalue weighted by atomic mass is 16.5. The Morgan fingerprint density at radius 2 is 1.67 bits per heavy atom. The van der Waals surface area contributed by atoms with Crippen molar-refractivity contribution in [2.24, 2.45) is 0 Å². The smallest absolute Gasteiger partial charge is 0.328 e. The van der Waals surface area contributed by atoms with E-state index in [0.29, 0.717) is 17.0 Å². The highest BCUT2D eigenvalue weighted by Crippen LogP contribution is 2.10. The van der Waals surface area contributed by atoms with E-state index >= 15 is 0 Å². The molecule has 0 spiro atoms. The summed E-state index contributed by atoms with van der Waals surface area (Å²) in [6.07, 6.45) is 0. The number of benzene rings is 2. The maximum atomic E-state index is 12.0. The van der Waals surface area contributed by atoms with Crippen LogP contribution >= 0.6 is 0 Å². The van der Waals surface area contributed by atoms with Crippen LogP contribution < -0.4 is 20.7 Å². The first-order valence-corrected chi connectivity index (χ1v) is 9.15. The molecule has 0 aliphatic carbocycles. The Balaban J connectivity index is 1.74. The minimum absolute atomic E-state index is 0.260. The Bertz CT molecular complexity index is 901. The lowest BCUT2D eigenvalue weighted by atomic mass is 10.2. The average molecular weight is 413 g/mol. The van der Waals surface area contributed by atoms with Gasteiger partial charge in [0.25, 0.3) is 17.7 Å². The number of hydrogen-bond acceptors (Lipinski definition) is 6. The molecular formula is C21H23N3O6. The molecular weight excluding hydrogens is 390 g/mol. The predicted molar refractivity (Wildman–Crippen MR) is 109 cm³/mol. The summed E-state index contributed by atoms with van der Waals surface area (Å²) < 4.78 is 10.2. The average Bonchev–Trinajstić information content (AvgIpc) is 2.76. The van der Waals surface area contributed by atoms with Crippen molar-refractivity contribution in [3.63, 3.8) is 0 Å². The number of ether oxygens (including phenoxy) is 2. The van der Waals surface area contributed by atoms with Gasteiger partial charge in [-0.15, -0.1) is 0 Å². The quantitative estimate of drug-likeness (QED) is 0.530. The third-order valence-electron chi connectivity index (χ3n) is 3.83. The van der Waals surface area contributed by atoms with E-state index in [-0.39, 0.29) is 12.5 Å². The van der Waals surface area contributed by atoms with Crippen molar-refractivity contribution in [3.8, 4) is 5.75 Å². The van der Waals surface area contributed by atoms with E-state index < -0.39 is 30.4 Å². The molecule has 3 amide bonds. The summed E-state index contributed by atoms with van der Waals surface area (Å²) in [7, 11) is 1.50. The Labute approximate surface area is 173 Å². The van der Waals surface area contributed by atoms with Crippen molar-refractivity contribution >= 4 is 29.4 Å². The van der Waals surface area contributed by atoms with Crippen LogP contribution in [0.3, 0.4) is 0 Å². The van der Waals surface area contributed by atoms with Gasteiger partial charge in [0.15, 0.2) is 13.2 Å². The van der Waals surface area contributed by atoms with Crippen LogP contribution in [0.2, 0.25) is 0 Å². The van der Waals surface area contributed by atoms with Gasteiger partial charge < -0.3 is 25.4 Å². The van der Waals surface area contributed by atoms with E-state index in [1.165, 1.54) is 20.0 Å². The lowest BCUT2D eigenvalue weighted by Crippen LogP contribution is -2.42. The Morgan fingerprint density at radius 3 is 2.37 bits per heavy atom. The van der Waals surface area contributed by atoms with Crippen molar-refractivity contribution in [2.75, 3.05) is 25.6 Å². The van der Waals surface area contributed by atoms with Crippen LogP contribution in [0.1, 0.15) is 17.3 Å². The van der Waals surface area contributed by atoms with Crippen molar-refractivity contribution in [2.45, 2.75) is 13.0 Å². The van der Waals surface area contributed by atoms with E-state index in [1.54, 1.807) is 42.5 Å². The van der Waals surface area contributed by atoms with Gasteiger partial charge in [-0.05, 0) is 37.3 Å². The number of carbonyl (C=O) groups excluding carboxylic acids is 4. The largest absolute Gasteiger partial charge is 0.484 e. The zero-order valence-electron chi connectivity index (χ0n) is 16.6. The maximum Gasteiger partial charge on any atom is 0.328 e. The number of esters is 1. The second-order valence-corrected chi connectivity index (χ2v) is 6.21. The van der Waals surface area contributed by atoms with Gasteiger partial charge in [-0.2, -0.15) is 0 Å². The van der Waals surface area contributed by atoms with Crippen LogP contribution in [-0.4, -0.2) is 50.0 Å². The highest BCUT2D eigenvalue weighted by Gasteiger charge is 2.18. The van der Waals surface area contributed by atoms with E-state index in [1.807, 2.05) is 6.07 Å². The first kappa shape index (κ1) is 22.4. The summed E-state index contributed by atoms with van der Waals surface area (Å²) in [5, 5.41) is 7.45. The first-order chi connectivity index (χ1) is 14.4. The van der Waals surface area contributed by atoms with Gasteiger partial charge in [-0.1, -0.05) is 24.3 Å². The monoisotopic (exact) mass is 413 g/mol. The number of rotatable bonds is 9. The molecule has 2 rings (SSSR count). The molecule has 0 radical (unpaired) electrons. The molecule has 0 saturated heterocycles. The maximum absolute atomic E-state index is 12.0. The standard InChI is InChI=1S/C21H23N3O6/c1-14(23-18(25)12-29-17-9-4-3-5-10-17)21(28)30-13-19(26)24-16-8-6-7-15(11-16)20(27)22-2/h3-11,14H,12-13H2,1-2H3,(H,22,27)(H,23,25)(H,24,26)/t14-/m0/s1. The number of hydrogen-bond donors (Lipinski definition) is 3. The van der Waals surface area contributed by atoms with Crippen molar-refractivity contribution in [3.05, 3.63) is 60.2 Å². The van der Waals surface area contributed by atoms with Crippen molar-refractivity contribution < 1.29 is 28.7 Å². The summed E-state index contributed by atoms with van der Waals surface area (Å²) in [6.45, 7) is 0.640. The normalized spacial score (nSPS) is 11.0. The second-order valence-electron chi connectivity index (χ2n) is 6.21. The number of anilines is 1. The molecule has 3 N–H and O–H groups in total. The van der Waals surface area contributed by atoms with Gasteiger partial charge >= 0.3 is 5.97 Å². The molecule has 1 atom stereocenters. The van der Waals surface area contributed by atoms with Crippen LogP contribution in [-0.2, 0) is 19.1 Å². The van der Waals surface area contributed by atoms with Crippen LogP contribution in [0, 0.1) is 0 Å². The van der Waals surface area contributed by atoms with E-state index in [0.717, 1.165) is 0 Å². The molecule has 0 bridgehead atoms. The molecule has 2 aromatic rings. The Hall–Kier alpha value is -3.88. The number of nitrogens with one attached hydrogen (secondary N) is 3. The van der Waals surface area contributed by atoms with Gasteiger partial charge in [0.05, 0.1) is 0 Å². The lowest BCUT2D eigenvalue weighted by Gasteiger charge is -2.14. The number of para-hydroxylation sites is 1. The summed E-state index contributed by atoms with van der Waals surface area (Å²) in [5.41, 5.74) is 0.762. The van der Waals surface area contributed by atoms with Crippen molar-refractivity contribution in [1.29, 1.82) is 0 Å². The van der Waals surface area contributed by atoms with Crippen LogP contribution in [0.4, 0.5) is 5.69 Å². The minimum atomic E-state index is -0.957. The fourth-order valence-corrected chi connectivity index (χ4v) is 2.35. The van der Waals surface area contributed by atoms with E-state index in [4.69, 9.17) is 9.47 Å². The van der Waals surface area contributed by atoms with Gasteiger partial charge in [0.1, 0.15) is 11.8 Å². The van der Waals surface area contributed by atoms with Crippen LogP contribution in [0.15, 0.2) is 54.6 Å². The Morgan fingerprint density at radius 1 is 0.933 bits per heavy atom. The molecule has 0 saturated carbocycles. The zero-order valence-corrected chi connectivity index (χ0v) is 16.6. The van der Waals surface area contributed by atoms with E-state index in [9.17, 15) is 19.2 Å². The van der Waals surface area contributed by atoms with Gasteiger partial charge in [-0.3, -0.25) is 14.4 Å². The molecule has 158 valence electrons. The highest BCUT2D eigenvalue weighted by molar-refractivity contribution is 5.97. The van der Waals surface area contributed by atoms with Gasteiger partial charge in [0, 0.05) is 18.3 Å². The SMILES string of the molecule is CNC(=O)c1cccc(NC(=O)COC(=O)[C@H](C)NC(=O)COc2ccccc2)c1. The summed E-state index contributed by atoms with van der Waals surface area (Å²) in [6, 6.07) is 14.1. The van der Waals surface area contributed by atoms with Crippen LogP contribution in [0.5, 0.6) is 5.75 Å². The number of amides is 3. The van der Waals surface area contributed by atoms with Gasteiger partial charge in [-0.25, -0.2) is 4.79 Å². The molecule has 0 fully saturated rings. The fraction of sp³-hybridized carbons (Fsp3) is 0.238. The van der Waals surface area contributed by atoms with Crippen LogP contribution in [0.25, 0.3) is 0 Å². The molecule has 0 unspecified atom stereocenters. The van der Waals surface area contributed by atoms with Crippen molar-refractivity contribution in [1.82, 2.24) is 10.6 Å².